The van der Waals surface area contributed by atoms with E-state index in [2.05, 4.69) is 28.5 Å². The molecule has 2 aromatic heterocycles. The summed E-state index contributed by atoms with van der Waals surface area (Å²) in [5, 5.41) is 4.60. The fourth-order valence-corrected chi connectivity index (χ4v) is 3.19. The van der Waals surface area contributed by atoms with Crippen LogP contribution in [0.2, 0.25) is 0 Å². The molecule has 3 rings (SSSR count). The van der Waals surface area contributed by atoms with Crippen LogP contribution in [0.15, 0.2) is 0 Å². The molecule has 20 heavy (non-hydrogen) atoms. The molecule has 2 N–H and O–H groups in total. The molecule has 1 fully saturated rings. The van der Waals surface area contributed by atoms with Gasteiger partial charge in [0.05, 0.1) is 11.8 Å². The third-order valence-electron chi connectivity index (χ3n) is 4.07. The van der Waals surface area contributed by atoms with Gasteiger partial charge >= 0.3 is 0 Å². The third kappa shape index (κ3) is 2.08. The van der Waals surface area contributed by atoms with E-state index < -0.39 is 0 Å². The molecular weight excluding hydrogens is 254 g/mol. The molecule has 110 valence electrons. The van der Waals surface area contributed by atoms with E-state index >= 15 is 0 Å². The second kappa shape index (κ2) is 5.09. The van der Waals surface area contributed by atoms with E-state index in [1.165, 1.54) is 0 Å². The molecule has 0 amide bonds. The summed E-state index contributed by atoms with van der Waals surface area (Å²) in [6, 6.07) is 0.355. The second-order valence-electron chi connectivity index (χ2n) is 5.69. The quantitative estimate of drug-likeness (QED) is 0.932. The zero-order valence-electron chi connectivity index (χ0n) is 12.5. The summed E-state index contributed by atoms with van der Waals surface area (Å²) in [7, 11) is 1.97. The maximum atomic E-state index is 6.18. The average Bonchev–Trinajstić information content (AvgIpc) is 2.88. The number of aryl methyl sites for hydroxylation is 2. The van der Waals surface area contributed by atoms with Crippen molar-refractivity contribution in [2.45, 2.75) is 51.7 Å². The molecule has 2 aromatic rings. The van der Waals surface area contributed by atoms with Crippen LogP contribution in [0.1, 0.15) is 44.8 Å². The number of hydrogen-bond acceptors (Lipinski definition) is 4. The lowest BCUT2D eigenvalue weighted by Gasteiger charge is -2.29. The number of aromatic nitrogens is 4. The summed E-state index contributed by atoms with van der Waals surface area (Å²) in [6.45, 7) is 5.05. The van der Waals surface area contributed by atoms with Crippen LogP contribution in [0.25, 0.3) is 11.2 Å². The van der Waals surface area contributed by atoms with Gasteiger partial charge in [-0.15, -0.1) is 0 Å². The van der Waals surface area contributed by atoms with Gasteiger partial charge in [-0.2, -0.15) is 5.10 Å². The van der Waals surface area contributed by atoms with E-state index in [0.717, 1.165) is 49.1 Å². The van der Waals surface area contributed by atoms with E-state index in [-0.39, 0.29) is 6.10 Å². The number of nitrogen functional groups attached to an aromatic ring is 1. The van der Waals surface area contributed by atoms with Crippen molar-refractivity contribution in [2.24, 2.45) is 7.05 Å². The highest BCUT2D eigenvalue weighted by Crippen LogP contribution is 2.32. The molecule has 0 saturated carbocycles. The van der Waals surface area contributed by atoms with Crippen LogP contribution in [0.5, 0.6) is 0 Å². The van der Waals surface area contributed by atoms with Gasteiger partial charge in [0.2, 0.25) is 5.95 Å². The largest absolute Gasteiger partial charge is 0.378 e. The Balaban J connectivity index is 2.08. The summed E-state index contributed by atoms with van der Waals surface area (Å²) < 4.78 is 9.71. The minimum absolute atomic E-state index is 0.272. The topological polar surface area (TPSA) is 70.9 Å². The van der Waals surface area contributed by atoms with Crippen molar-refractivity contribution in [3.8, 4) is 0 Å². The first-order valence-corrected chi connectivity index (χ1v) is 7.42. The lowest BCUT2D eigenvalue weighted by atomic mass is 10.0. The zero-order valence-corrected chi connectivity index (χ0v) is 12.5. The van der Waals surface area contributed by atoms with Gasteiger partial charge in [0.1, 0.15) is 5.52 Å². The molecular formula is C14H23N5O. The molecule has 0 radical (unpaired) electrons. The van der Waals surface area contributed by atoms with Crippen molar-refractivity contribution < 1.29 is 4.74 Å². The van der Waals surface area contributed by atoms with Crippen LogP contribution in [-0.4, -0.2) is 32.0 Å². The standard InChI is InChI=1S/C14H23N5O/c1-4-5-11-12-13(18(3)17-11)19(14(15)16-12)10-6-7-20-9(2)8-10/h9-10H,4-8H2,1-3H3,(H2,15,16). The number of imidazole rings is 1. The Labute approximate surface area is 118 Å². The minimum atomic E-state index is 0.272. The summed E-state index contributed by atoms with van der Waals surface area (Å²) >= 11 is 0. The van der Waals surface area contributed by atoms with Crippen LogP contribution < -0.4 is 5.73 Å². The fourth-order valence-electron chi connectivity index (χ4n) is 3.19. The number of ether oxygens (including phenoxy) is 1. The predicted molar refractivity (Wildman–Crippen MR) is 78.6 cm³/mol. The summed E-state index contributed by atoms with van der Waals surface area (Å²) in [5.74, 6) is 0.601. The highest BCUT2D eigenvalue weighted by atomic mass is 16.5. The molecule has 2 atom stereocenters. The molecule has 1 aliphatic heterocycles. The maximum Gasteiger partial charge on any atom is 0.202 e. The summed E-state index contributed by atoms with van der Waals surface area (Å²) in [5.41, 5.74) is 9.24. The van der Waals surface area contributed by atoms with Crippen LogP contribution in [0.4, 0.5) is 5.95 Å². The Hall–Kier alpha value is -1.56. The van der Waals surface area contributed by atoms with Gasteiger partial charge in [-0.3, -0.25) is 9.25 Å². The smallest absolute Gasteiger partial charge is 0.202 e. The number of rotatable bonds is 3. The molecule has 2 unspecified atom stereocenters. The Kier molecular flexibility index (Phi) is 3.41. The first-order chi connectivity index (χ1) is 9.61. The molecule has 1 saturated heterocycles. The first kappa shape index (κ1) is 13.4. The SMILES string of the molecule is CCCc1nn(C)c2c1nc(N)n2C1CCOC(C)C1. The lowest BCUT2D eigenvalue weighted by Crippen LogP contribution is -2.26. The maximum absolute atomic E-state index is 6.18. The molecule has 0 spiro atoms. The van der Waals surface area contributed by atoms with Crippen molar-refractivity contribution in [3.05, 3.63) is 5.69 Å². The lowest BCUT2D eigenvalue weighted by molar-refractivity contribution is 0.00695. The van der Waals surface area contributed by atoms with Gasteiger partial charge in [-0.1, -0.05) is 13.3 Å². The number of fused-ring (bicyclic) bond motifs is 1. The van der Waals surface area contributed by atoms with Crippen molar-refractivity contribution in [1.82, 2.24) is 19.3 Å². The molecule has 0 bridgehead atoms. The van der Waals surface area contributed by atoms with Gasteiger partial charge in [-0.25, -0.2) is 4.98 Å². The normalized spacial score (nSPS) is 23.6. The number of anilines is 1. The first-order valence-electron chi connectivity index (χ1n) is 7.42. The third-order valence-corrected chi connectivity index (χ3v) is 4.07. The number of nitrogens with two attached hydrogens (primary N) is 1. The van der Waals surface area contributed by atoms with Gasteiger partial charge < -0.3 is 10.5 Å². The van der Waals surface area contributed by atoms with E-state index in [0.29, 0.717) is 12.0 Å². The van der Waals surface area contributed by atoms with Crippen molar-refractivity contribution in [1.29, 1.82) is 0 Å². The zero-order chi connectivity index (χ0) is 14.3. The molecule has 3 heterocycles. The molecule has 6 nitrogen and oxygen atoms in total. The average molecular weight is 277 g/mol. The van der Waals surface area contributed by atoms with E-state index in [1.54, 1.807) is 0 Å². The van der Waals surface area contributed by atoms with Gasteiger partial charge in [0.15, 0.2) is 5.65 Å². The van der Waals surface area contributed by atoms with Gasteiger partial charge in [-0.05, 0) is 26.2 Å². The number of hydrogen-bond donors (Lipinski definition) is 1. The Morgan fingerprint density at radius 1 is 1.45 bits per heavy atom. The second-order valence-corrected chi connectivity index (χ2v) is 5.69. The van der Waals surface area contributed by atoms with Crippen molar-refractivity contribution in [3.63, 3.8) is 0 Å². The molecule has 0 aromatic carbocycles. The van der Waals surface area contributed by atoms with E-state index in [1.807, 2.05) is 11.7 Å². The Morgan fingerprint density at radius 2 is 2.25 bits per heavy atom. The van der Waals surface area contributed by atoms with Crippen molar-refractivity contribution in [2.75, 3.05) is 12.3 Å². The number of nitrogens with zero attached hydrogens (tertiary/aromatic N) is 4. The molecule has 1 aliphatic rings. The highest BCUT2D eigenvalue weighted by Gasteiger charge is 2.27. The van der Waals surface area contributed by atoms with Crippen LogP contribution in [-0.2, 0) is 18.2 Å². The molecule has 0 aliphatic carbocycles. The monoisotopic (exact) mass is 277 g/mol. The highest BCUT2D eigenvalue weighted by molar-refractivity contribution is 5.78. The van der Waals surface area contributed by atoms with Gasteiger partial charge in [0, 0.05) is 19.7 Å². The van der Waals surface area contributed by atoms with Crippen LogP contribution in [0.3, 0.4) is 0 Å². The van der Waals surface area contributed by atoms with Crippen LogP contribution >= 0.6 is 0 Å². The van der Waals surface area contributed by atoms with E-state index in [9.17, 15) is 0 Å². The van der Waals surface area contributed by atoms with Crippen molar-refractivity contribution >= 4 is 17.1 Å². The van der Waals surface area contributed by atoms with E-state index in [4.69, 9.17) is 10.5 Å². The summed E-state index contributed by atoms with van der Waals surface area (Å²) in [6.07, 6.45) is 4.23. The molecule has 6 heteroatoms. The Morgan fingerprint density at radius 3 is 2.95 bits per heavy atom. The fraction of sp³-hybridized carbons (Fsp3) is 0.714. The van der Waals surface area contributed by atoms with Crippen LogP contribution in [0, 0.1) is 0 Å². The Bertz CT molecular complexity index is 615. The minimum Gasteiger partial charge on any atom is -0.378 e. The predicted octanol–water partition coefficient (Wildman–Crippen LogP) is 2.04. The summed E-state index contributed by atoms with van der Waals surface area (Å²) in [4.78, 5) is 4.57. The van der Waals surface area contributed by atoms with Gasteiger partial charge in [0.25, 0.3) is 0 Å².